The lowest BCUT2D eigenvalue weighted by atomic mass is 10.2. The van der Waals surface area contributed by atoms with Gasteiger partial charge in [0, 0.05) is 12.4 Å². The molecule has 0 saturated heterocycles. The van der Waals surface area contributed by atoms with Crippen LogP contribution in [-0.2, 0) is 7.05 Å². The number of rotatable bonds is 1. The van der Waals surface area contributed by atoms with E-state index in [1.54, 1.807) is 11.7 Å². The van der Waals surface area contributed by atoms with Gasteiger partial charge in [-0.15, -0.1) is 12.4 Å². The van der Waals surface area contributed by atoms with E-state index in [2.05, 4.69) is 5.10 Å². The molecule has 2 rings (SSSR count). The number of hydrogen-bond acceptors (Lipinski definition) is 2. The molecule has 0 unspecified atom stereocenters. The number of benzene rings is 1. The van der Waals surface area contributed by atoms with Gasteiger partial charge in [-0.3, -0.25) is 10.1 Å². The molecule has 0 atom stereocenters. The summed E-state index contributed by atoms with van der Waals surface area (Å²) in [6.45, 7) is 0. The minimum Gasteiger partial charge on any atom is -0.382 e. The van der Waals surface area contributed by atoms with E-state index < -0.39 is 0 Å². The second-order valence-electron chi connectivity index (χ2n) is 2.90. The van der Waals surface area contributed by atoms with Crippen molar-refractivity contribution in [2.75, 3.05) is 0 Å². The van der Waals surface area contributed by atoms with Crippen LogP contribution in [0.4, 0.5) is 0 Å². The number of aryl methyl sites for hydroxylation is 1. The zero-order valence-electron chi connectivity index (χ0n) is 7.69. The smallest absolute Gasteiger partial charge is 0.142 e. The van der Waals surface area contributed by atoms with Gasteiger partial charge in [-0.25, -0.2) is 0 Å². The van der Waals surface area contributed by atoms with Crippen molar-refractivity contribution in [3.8, 4) is 0 Å². The molecule has 1 aromatic carbocycles. The Kier molecular flexibility index (Phi) is 2.76. The topological polar surface area (TPSA) is 67.7 Å². The Morgan fingerprint density at radius 2 is 2.07 bits per heavy atom. The molecule has 0 amide bonds. The summed E-state index contributed by atoms with van der Waals surface area (Å²) in [5, 5.41) is 12.6. The molecule has 0 aliphatic rings. The van der Waals surface area contributed by atoms with Gasteiger partial charge in [0.05, 0.1) is 5.52 Å². The number of halogens is 1. The van der Waals surface area contributed by atoms with Gasteiger partial charge >= 0.3 is 0 Å². The van der Waals surface area contributed by atoms with Crippen molar-refractivity contribution in [2.45, 2.75) is 0 Å². The molecule has 0 aliphatic carbocycles. The average molecular weight is 211 g/mol. The van der Waals surface area contributed by atoms with Gasteiger partial charge in [0.1, 0.15) is 11.5 Å². The zero-order valence-corrected chi connectivity index (χ0v) is 8.51. The molecular weight excluding hydrogens is 200 g/mol. The number of nitrogens with zero attached hydrogens (tertiary/aromatic N) is 2. The van der Waals surface area contributed by atoms with E-state index in [0.717, 1.165) is 10.9 Å². The Hall–Kier alpha value is -1.55. The molecule has 4 nitrogen and oxygen atoms in total. The fourth-order valence-corrected chi connectivity index (χ4v) is 1.47. The standard InChI is InChI=1S/C9H10N4.ClH/c1-13-8(9(10)11)6-4-2-3-5-7(6)12-13;/h2-5H,1H3,(H3,10,11);1H. The van der Waals surface area contributed by atoms with Crippen LogP contribution in [0, 0.1) is 5.41 Å². The van der Waals surface area contributed by atoms with Crippen LogP contribution in [0.3, 0.4) is 0 Å². The van der Waals surface area contributed by atoms with Crippen molar-refractivity contribution < 1.29 is 0 Å². The van der Waals surface area contributed by atoms with Crippen LogP contribution in [-0.4, -0.2) is 15.6 Å². The van der Waals surface area contributed by atoms with E-state index in [1.807, 2.05) is 24.3 Å². The summed E-state index contributed by atoms with van der Waals surface area (Å²) < 4.78 is 1.63. The van der Waals surface area contributed by atoms with Crippen molar-refractivity contribution in [2.24, 2.45) is 12.8 Å². The highest BCUT2D eigenvalue weighted by Crippen LogP contribution is 2.16. The van der Waals surface area contributed by atoms with E-state index >= 15 is 0 Å². The summed E-state index contributed by atoms with van der Waals surface area (Å²) in [6, 6.07) is 7.65. The van der Waals surface area contributed by atoms with Crippen LogP contribution in [0.25, 0.3) is 10.9 Å². The van der Waals surface area contributed by atoms with Crippen LogP contribution >= 0.6 is 12.4 Å². The first kappa shape index (κ1) is 10.5. The predicted molar refractivity (Wildman–Crippen MR) is 59.0 cm³/mol. The predicted octanol–water partition coefficient (Wildman–Crippen LogP) is 1.28. The van der Waals surface area contributed by atoms with Gasteiger partial charge in [0.25, 0.3) is 0 Å². The van der Waals surface area contributed by atoms with Crippen LogP contribution in [0.15, 0.2) is 24.3 Å². The fraction of sp³-hybridized carbons (Fsp3) is 0.111. The van der Waals surface area contributed by atoms with Gasteiger partial charge < -0.3 is 5.73 Å². The molecule has 0 radical (unpaired) electrons. The fourth-order valence-electron chi connectivity index (χ4n) is 1.47. The van der Waals surface area contributed by atoms with Crippen molar-refractivity contribution >= 4 is 29.1 Å². The van der Waals surface area contributed by atoms with E-state index in [-0.39, 0.29) is 18.2 Å². The van der Waals surface area contributed by atoms with Crippen molar-refractivity contribution in [3.63, 3.8) is 0 Å². The Morgan fingerprint density at radius 1 is 1.43 bits per heavy atom. The molecule has 1 heterocycles. The zero-order chi connectivity index (χ0) is 9.42. The number of nitrogens with two attached hydrogens (primary N) is 1. The molecule has 3 N–H and O–H groups in total. The molecule has 0 saturated carbocycles. The SMILES string of the molecule is Cl.Cn1nc2ccccc2c1C(=N)N. The third-order valence-electron chi connectivity index (χ3n) is 2.00. The molecule has 5 heteroatoms. The number of nitrogen functional groups attached to an aromatic ring is 1. The molecule has 0 fully saturated rings. The third-order valence-corrected chi connectivity index (χ3v) is 2.00. The minimum atomic E-state index is 0. The Labute approximate surface area is 87.6 Å². The lowest BCUT2D eigenvalue weighted by molar-refractivity contribution is 0.770. The van der Waals surface area contributed by atoms with Crippen molar-refractivity contribution in [1.82, 2.24) is 9.78 Å². The Balaban J connectivity index is 0.000000980. The highest BCUT2D eigenvalue weighted by Gasteiger charge is 2.09. The summed E-state index contributed by atoms with van der Waals surface area (Å²) in [7, 11) is 1.79. The van der Waals surface area contributed by atoms with Crippen LogP contribution in [0.5, 0.6) is 0 Å². The molecule has 14 heavy (non-hydrogen) atoms. The van der Waals surface area contributed by atoms with Gasteiger partial charge in [0.15, 0.2) is 0 Å². The number of hydrogen-bond donors (Lipinski definition) is 2. The highest BCUT2D eigenvalue weighted by molar-refractivity contribution is 6.05. The number of nitrogens with one attached hydrogen (secondary N) is 1. The minimum absolute atomic E-state index is 0. The second-order valence-corrected chi connectivity index (χ2v) is 2.90. The number of aromatic nitrogens is 2. The lowest BCUT2D eigenvalue weighted by Gasteiger charge is -1.97. The van der Waals surface area contributed by atoms with Gasteiger partial charge in [-0.2, -0.15) is 5.10 Å². The maximum absolute atomic E-state index is 7.39. The average Bonchev–Trinajstić information content (AvgIpc) is 2.39. The molecule has 0 spiro atoms. The molecule has 1 aromatic heterocycles. The van der Waals surface area contributed by atoms with E-state index in [0.29, 0.717) is 5.69 Å². The maximum Gasteiger partial charge on any atom is 0.142 e. The Bertz CT molecular complexity index is 475. The first-order valence-electron chi connectivity index (χ1n) is 3.96. The van der Waals surface area contributed by atoms with Crippen molar-refractivity contribution in [3.05, 3.63) is 30.0 Å². The third kappa shape index (κ3) is 1.44. The van der Waals surface area contributed by atoms with E-state index in [9.17, 15) is 0 Å². The molecule has 0 bridgehead atoms. The Morgan fingerprint density at radius 3 is 2.71 bits per heavy atom. The molecule has 74 valence electrons. The van der Waals surface area contributed by atoms with Crippen LogP contribution < -0.4 is 5.73 Å². The molecule has 0 aliphatic heterocycles. The summed E-state index contributed by atoms with van der Waals surface area (Å²) in [4.78, 5) is 0. The molecule has 2 aromatic rings. The van der Waals surface area contributed by atoms with Crippen LogP contribution in [0.1, 0.15) is 5.69 Å². The highest BCUT2D eigenvalue weighted by atomic mass is 35.5. The molecular formula is C9H11ClN4. The van der Waals surface area contributed by atoms with E-state index in [1.165, 1.54) is 0 Å². The largest absolute Gasteiger partial charge is 0.382 e. The summed E-state index contributed by atoms with van der Waals surface area (Å²) in [5.74, 6) is 0.0520. The monoisotopic (exact) mass is 210 g/mol. The van der Waals surface area contributed by atoms with Gasteiger partial charge in [-0.05, 0) is 6.07 Å². The van der Waals surface area contributed by atoms with Crippen molar-refractivity contribution in [1.29, 1.82) is 5.41 Å². The van der Waals surface area contributed by atoms with Crippen LogP contribution in [0.2, 0.25) is 0 Å². The lowest BCUT2D eigenvalue weighted by Crippen LogP contribution is -2.15. The first-order chi connectivity index (χ1) is 6.20. The quantitative estimate of drug-likeness (QED) is 0.550. The summed E-state index contributed by atoms with van der Waals surface area (Å²) >= 11 is 0. The second kappa shape index (κ2) is 3.67. The van der Waals surface area contributed by atoms with Gasteiger partial charge in [-0.1, -0.05) is 18.2 Å². The maximum atomic E-state index is 7.39. The number of fused-ring (bicyclic) bond motifs is 1. The summed E-state index contributed by atoms with van der Waals surface area (Å²) in [6.07, 6.45) is 0. The van der Waals surface area contributed by atoms with E-state index in [4.69, 9.17) is 11.1 Å². The summed E-state index contributed by atoms with van der Waals surface area (Å²) in [5.41, 5.74) is 6.99. The first-order valence-corrected chi connectivity index (χ1v) is 3.96. The normalized spacial score (nSPS) is 9.79. The number of amidine groups is 1. The van der Waals surface area contributed by atoms with Gasteiger partial charge in [0.2, 0.25) is 0 Å².